The zero-order chi connectivity index (χ0) is 21.4. The minimum Gasteiger partial charge on any atom is -0.497 e. The molecule has 2 aromatic rings. The normalized spacial score (nSPS) is 18.8. The van der Waals surface area contributed by atoms with Crippen LogP contribution in [0.25, 0.3) is 0 Å². The molecule has 29 heavy (non-hydrogen) atoms. The molecule has 1 N–H and O–H groups in total. The van der Waals surface area contributed by atoms with E-state index in [0.717, 1.165) is 11.0 Å². The van der Waals surface area contributed by atoms with Crippen molar-refractivity contribution in [3.63, 3.8) is 0 Å². The molecule has 0 radical (unpaired) electrons. The van der Waals surface area contributed by atoms with Crippen molar-refractivity contribution in [2.75, 3.05) is 18.6 Å². The molecule has 2 aromatic carbocycles. The standard InChI is InChI=1S/C18H15BrF3N3O4/c1-29-13-5-2-11(3-6-13)9-24-15-7-4-12(19)8-14(15)17(10-25(27)28,18(20,21)22)23-16(24)26/h2-8H,9-10H2,1H3,(H,23,26)/t17-/m0/s1. The predicted molar refractivity (Wildman–Crippen MR) is 101 cm³/mol. The van der Waals surface area contributed by atoms with Crippen molar-refractivity contribution in [3.8, 4) is 5.75 Å². The molecule has 0 aliphatic carbocycles. The highest BCUT2D eigenvalue weighted by molar-refractivity contribution is 9.10. The lowest BCUT2D eigenvalue weighted by molar-refractivity contribution is -0.503. The average molecular weight is 474 g/mol. The lowest BCUT2D eigenvalue weighted by Crippen LogP contribution is -2.65. The zero-order valence-electron chi connectivity index (χ0n) is 15.0. The predicted octanol–water partition coefficient (Wildman–Crippen LogP) is 4.22. The van der Waals surface area contributed by atoms with Crippen molar-refractivity contribution in [1.82, 2.24) is 5.32 Å². The number of alkyl halides is 3. The third-order valence-electron chi connectivity index (χ3n) is 4.62. The Labute approximate surface area is 171 Å². The summed E-state index contributed by atoms with van der Waals surface area (Å²) in [6.07, 6.45) is -5.09. The first-order valence-corrected chi connectivity index (χ1v) is 9.08. The van der Waals surface area contributed by atoms with Gasteiger partial charge in [-0.15, -0.1) is 0 Å². The van der Waals surface area contributed by atoms with Crippen molar-refractivity contribution < 1.29 is 27.6 Å². The Morgan fingerprint density at radius 3 is 2.45 bits per heavy atom. The van der Waals surface area contributed by atoms with Crippen LogP contribution in [-0.2, 0) is 12.1 Å². The first-order chi connectivity index (χ1) is 13.6. The van der Waals surface area contributed by atoms with E-state index in [2.05, 4.69) is 15.9 Å². The maximum atomic E-state index is 14.0. The number of amides is 2. The molecule has 7 nitrogen and oxygen atoms in total. The summed E-state index contributed by atoms with van der Waals surface area (Å²) in [5, 5.41) is 12.9. The fourth-order valence-corrected chi connectivity index (χ4v) is 3.58. The van der Waals surface area contributed by atoms with E-state index in [-0.39, 0.29) is 12.2 Å². The van der Waals surface area contributed by atoms with E-state index in [0.29, 0.717) is 15.8 Å². The monoisotopic (exact) mass is 473 g/mol. The molecule has 154 valence electrons. The topological polar surface area (TPSA) is 84.7 Å². The van der Waals surface area contributed by atoms with E-state index in [4.69, 9.17) is 4.74 Å². The first-order valence-electron chi connectivity index (χ1n) is 8.28. The number of nitrogens with zero attached hydrogens (tertiary/aromatic N) is 2. The van der Waals surface area contributed by atoms with Crippen LogP contribution in [0.1, 0.15) is 11.1 Å². The minimum atomic E-state index is -5.09. The number of halogens is 4. The molecule has 0 saturated carbocycles. The molecule has 11 heteroatoms. The molecule has 1 atom stereocenters. The molecule has 0 fully saturated rings. The van der Waals surface area contributed by atoms with Crippen LogP contribution in [-0.4, -0.2) is 30.8 Å². The number of nitro groups is 1. The quantitative estimate of drug-likeness (QED) is 0.520. The van der Waals surface area contributed by atoms with Gasteiger partial charge in [0.05, 0.1) is 19.3 Å². The largest absolute Gasteiger partial charge is 0.497 e. The van der Waals surface area contributed by atoms with E-state index in [9.17, 15) is 28.1 Å². The summed E-state index contributed by atoms with van der Waals surface area (Å²) in [7, 11) is 1.49. The molecular formula is C18H15BrF3N3O4. The number of carbonyl (C=O) groups is 1. The van der Waals surface area contributed by atoms with Crippen LogP contribution < -0.4 is 15.0 Å². The fraction of sp³-hybridized carbons (Fsp3) is 0.278. The van der Waals surface area contributed by atoms with Gasteiger partial charge in [-0.25, -0.2) is 4.79 Å². The van der Waals surface area contributed by atoms with E-state index in [1.165, 1.54) is 19.2 Å². The number of nitrogens with one attached hydrogen (secondary N) is 1. The van der Waals surface area contributed by atoms with Gasteiger partial charge in [-0.2, -0.15) is 13.2 Å². The number of methoxy groups -OCH3 is 1. The van der Waals surface area contributed by atoms with Gasteiger partial charge in [-0.1, -0.05) is 28.1 Å². The van der Waals surface area contributed by atoms with Crippen molar-refractivity contribution in [3.05, 3.63) is 68.2 Å². The summed E-state index contributed by atoms with van der Waals surface area (Å²) in [5.41, 5.74) is -2.94. The second-order valence-corrected chi connectivity index (χ2v) is 7.34. The summed E-state index contributed by atoms with van der Waals surface area (Å²) in [6, 6.07) is 9.55. The van der Waals surface area contributed by atoms with Crippen LogP contribution in [0.4, 0.5) is 23.7 Å². The fourth-order valence-electron chi connectivity index (χ4n) is 3.21. The number of hydrogen-bond acceptors (Lipinski definition) is 4. The Bertz CT molecular complexity index is 952. The molecule has 0 saturated heterocycles. The summed E-state index contributed by atoms with van der Waals surface area (Å²) in [4.78, 5) is 23.8. The Hall–Kier alpha value is -2.82. The van der Waals surface area contributed by atoms with Crippen molar-refractivity contribution >= 4 is 27.6 Å². The molecule has 0 unspecified atom stereocenters. The molecule has 0 bridgehead atoms. The summed E-state index contributed by atoms with van der Waals surface area (Å²) >= 11 is 3.11. The maximum Gasteiger partial charge on any atom is 0.422 e. The molecule has 1 heterocycles. The molecule has 0 aromatic heterocycles. The molecule has 0 spiro atoms. The van der Waals surface area contributed by atoms with Gasteiger partial charge in [0.2, 0.25) is 12.1 Å². The Kier molecular flexibility index (Phi) is 5.44. The molecule has 1 aliphatic rings. The van der Waals surface area contributed by atoms with Gasteiger partial charge in [0.25, 0.3) is 0 Å². The van der Waals surface area contributed by atoms with Crippen molar-refractivity contribution in [1.29, 1.82) is 0 Å². The number of hydrogen-bond donors (Lipinski definition) is 1. The zero-order valence-corrected chi connectivity index (χ0v) is 16.6. The van der Waals surface area contributed by atoms with Gasteiger partial charge >= 0.3 is 12.2 Å². The van der Waals surface area contributed by atoms with Gasteiger partial charge < -0.3 is 10.1 Å². The Morgan fingerprint density at radius 2 is 1.90 bits per heavy atom. The van der Waals surface area contributed by atoms with Gasteiger partial charge in [-0.05, 0) is 35.9 Å². The SMILES string of the molecule is COc1ccc(CN2C(=O)N[C@](C[N+](=O)[O-])(C(F)(F)F)c3cc(Br)ccc32)cc1. The minimum absolute atomic E-state index is 0.0309. The van der Waals surface area contributed by atoms with Crippen LogP contribution in [0.3, 0.4) is 0 Å². The van der Waals surface area contributed by atoms with E-state index in [1.54, 1.807) is 24.3 Å². The van der Waals surface area contributed by atoms with Crippen LogP contribution in [0.15, 0.2) is 46.9 Å². The number of carbonyl (C=O) groups excluding carboxylic acids is 1. The Balaban J connectivity index is 2.11. The summed E-state index contributed by atoms with van der Waals surface area (Å²) in [5.74, 6) is 0.586. The number of fused-ring (bicyclic) bond motifs is 1. The highest BCUT2D eigenvalue weighted by Gasteiger charge is 2.64. The third kappa shape index (κ3) is 3.86. The van der Waals surface area contributed by atoms with E-state index >= 15 is 0 Å². The van der Waals surface area contributed by atoms with Gasteiger partial charge in [0.15, 0.2) is 0 Å². The molecule has 3 rings (SSSR count). The third-order valence-corrected chi connectivity index (χ3v) is 5.12. The number of ether oxygens (including phenoxy) is 1. The molecule has 2 amide bonds. The van der Waals surface area contributed by atoms with Crippen LogP contribution >= 0.6 is 15.9 Å². The molecular weight excluding hydrogens is 459 g/mol. The van der Waals surface area contributed by atoms with Crippen LogP contribution in [0, 0.1) is 10.1 Å². The van der Waals surface area contributed by atoms with E-state index < -0.39 is 34.8 Å². The number of urea groups is 1. The van der Waals surface area contributed by atoms with Crippen LogP contribution in [0.5, 0.6) is 5.75 Å². The Morgan fingerprint density at radius 1 is 1.24 bits per heavy atom. The van der Waals surface area contributed by atoms with Gasteiger partial charge in [0, 0.05) is 15.0 Å². The maximum absolute atomic E-state index is 14.0. The first kappa shape index (κ1) is 20.9. The number of rotatable bonds is 5. The summed E-state index contributed by atoms with van der Waals surface area (Å²) in [6.45, 7) is -1.56. The van der Waals surface area contributed by atoms with Crippen LogP contribution in [0.2, 0.25) is 0 Å². The average Bonchev–Trinajstić information content (AvgIpc) is 2.64. The van der Waals surface area contributed by atoms with Gasteiger partial charge in [0.1, 0.15) is 5.75 Å². The second-order valence-electron chi connectivity index (χ2n) is 6.42. The number of benzene rings is 2. The summed E-state index contributed by atoms with van der Waals surface area (Å²) < 4.78 is 47.4. The highest BCUT2D eigenvalue weighted by atomic mass is 79.9. The van der Waals surface area contributed by atoms with E-state index in [1.807, 2.05) is 5.32 Å². The lowest BCUT2D eigenvalue weighted by Gasteiger charge is -2.42. The molecule has 1 aliphatic heterocycles. The van der Waals surface area contributed by atoms with Gasteiger partial charge in [-0.3, -0.25) is 15.0 Å². The second kappa shape index (κ2) is 7.54. The number of anilines is 1. The smallest absolute Gasteiger partial charge is 0.422 e. The van der Waals surface area contributed by atoms with Crippen molar-refractivity contribution in [2.24, 2.45) is 0 Å². The lowest BCUT2D eigenvalue weighted by atomic mass is 9.85. The highest BCUT2D eigenvalue weighted by Crippen LogP contribution is 2.47. The van der Waals surface area contributed by atoms with Crippen molar-refractivity contribution in [2.45, 2.75) is 18.3 Å².